The van der Waals surface area contributed by atoms with Crippen LogP contribution in [-0.4, -0.2) is 46.8 Å². The predicted molar refractivity (Wildman–Crippen MR) is 89.3 cm³/mol. The van der Waals surface area contributed by atoms with Crippen molar-refractivity contribution in [1.82, 2.24) is 20.0 Å². The van der Waals surface area contributed by atoms with Gasteiger partial charge in [-0.1, -0.05) is 6.07 Å². The van der Waals surface area contributed by atoms with Crippen LogP contribution < -0.4 is 5.32 Å². The zero-order valence-electron chi connectivity index (χ0n) is 14.1. The quantitative estimate of drug-likeness (QED) is 0.911. The van der Waals surface area contributed by atoms with Crippen molar-refractivity contribution >= 4 is 5.91 Å². The Balaban J connectivity index is 1.72. The normalized spacial score (nSPS) is 18.2. The number of piperazine rings is 1. The molecular weight excluding hydrogens is 345 g/mol. The smallest absolute Gasteiger partial charge is 0.336 e. The molecule has 1 aromatic carbocycles. The van der Waals surface area contributed by atoms with Gasteiger partial charge in [-0.2, -0.15) is 18.3 Å². The van der Waals surface area contributed by atoms with Crippen molar-refractivity contribution in [2.24, 2.45) is 0 Å². The van der Waals surface area contributed by atoms with Crippen LogP contribution in [0.1, 0.15) is 40.4 Å². The first-order valence-corrected chi connectivity index (χ1v) is 8.70. The van der Waals surface area contributed by atoms with Gasteiger partial charge in [0.1, 0.15) is 0 Å². The third kappa shape index (κ3) is 3.21. The van der Waals surface area contributed by atoms with Gasteiger partial charge in [-0.05, 0) is 31.0 Å². The molecule has 0 bridgehead atoms. The molecule has 0 atom stereocenters. The summed E-state index contributed by atoms with van der Waals surface area (Å²) >= 11 is 0. The minimum Gasteiger partial charge on any atom is -0.336 e. The molecule has 2 heterocycles. The molecule has 1 saturated carbocycles. The first-order chi connectivity index (χ1) is 12.4. The zero-order valence-corrected chi connectivity index (χ0v) is 14.1. The maximum Gasteiger partial charge on any atom is 0.416 e. The second-order valence-corrected chi connectivity index (χ2v) is 6.72. The van der Waals surface area contributed by atoms with Crippen molar-refractivity contribution in [2.45, 2.75) is 24.9 Å². The van der Waals surface area contributed by atoms with Crippen molar-refractivity contribution in [3.8, 4) is 5.69 Å². The highest BCUT2D eigenvalue weighted by atomic mass is 19.4. The van der Waals surface area contributed by atoms with E-state index in [-0.39, 0.29) is 11.8 Å². The van der Waals surface area contributed by atoms with Crippen LogP contribution in [0.5, 0.6) is 0 Å². The lowest BCUT2D eigenvalue weighted by Crippen LogP contribution is -2.46. The van der Waals surface area contributed by atoms with Crippen LogP contribution in [0.25, 0.3) is 5.69 Å². The van der Waals surface area contributed by atoms with E-state index in [1.165, 1.54) is 16.9 Å². The third-order valence-electron chi connectivity index (χ3n) is 4.82. The van der Waals surface area contributed by atoms with Gasteiger partial charge >= 0.3 is 6.18 Å². The van der Waals surface area contributed by atoms with Crippen LogP contribution in [0.4, 0.5) is 13.2 Å². The summed E-state index contributed by atoms with van der Waals surface area (Å²) in [6.45, 7) is 2.73. The number of benzene rings is 1. The lowest BCUT2D eigenvalue weighted by molar-refractivity contribution is -0.137. The largest absolute Gasteiger partial charge is 0.416 e. The van der Waals surface area contributed by atoms with E-state index < -0.39 is 11.7 Å². The SMILES string of the molecule is O=C(c1cnn(-c2cccc(C(F)(F)F)c2)c1C1CC1)N1CCNCC1. The fourth-order valence-corrected chi connectivity index (χ4v) is 3.33. The van der Waals surface area contributed by atoms with Crippen molar-refractivity contribution in [2.75, 3.05) is 26.2 Å². The van der Waals surface area contributed by atoms with Gasteiger partial charge < -0.3 is 10.2 Å². The van der Waals surface area contributed by atoms with Gasteiger partial charge in [0, 0.05) is 32.1 Å². The lowest BCUT2D eigenvalue weighted by Gasteiger charge is -2.27. The molecule has 0 radical (unpaired) electrons. The summed E-state index contributed by atoms with van der Waals surface area (Å²) in [7, 11) is 0. The Labute approximate surface area is 148 Å². The number of hydrogen-bond acceptors (Lipinski definition) is 3. The van der Waals surface area contributed by atoms with Gasteiger partial charge in [0.15, 0.2) is 0 Å². The number of amides is 1. The van der Waals surface area contributed by atoms with Gasteiger partial charge in [0.2, 0.25) is 0 Å². The Morgan fingerprint density at radius 2 is 1.92 bits per heavy atom. The summed E-state index contributed by atoms with van der Waals surface area (Å²) in [5, 5.41) is 7.47. The minimum absolute atomic E-state index is 0.0911. The van der Waals surface area contributed by atoms with Crippen molar-refractivity contribution in [3.05, 3.63) is 47.3 Å². The van der Waals surface area contributed by atoms with Crippen LogP contribution in [0, 0.1) is 0 Å². The molecule has 8 heteroatoms. The van der Waals surface area contributed by atoms with E-state index in [1.807, 2.05) is 0 Å². The van der Waals surface area contributed by atoms with Gasteiger partial charge in [-0.3, -0.25) is 4.79 Å². The molecule has 2 aromatic rings. The Morgan fingerprint density at radius 3 is 2.58 bits per heavy atom. The topological polar surface area (TPSA) is 50.2 Å². The zero-order chi connectivity index (χ0) is 18.3. The Kier molecular flexibility index (Phi) is 4.22. The fraction of sp³-hybridized carbons (Fsp3) is 0.444. The standard InChI is InChI=1S/C18H19F3N4O/c19-18(20,21)13-2-1-3-14(10-13)25-16(12-4-5-12)15(11-23-25)17(26)24-8-6-22-7-9-24/h1-3,10-12,22H,4-9H2. The molecule has 1 saturated heterocycles. The molecule has 1 amide bonds. The first kappa shape index (κ1) is 17.1. The molecule has 138 valence electrons. The number of alkyl halides is 3. The molecule has 1 N–H and O–H groups in total. The summed E-state index contributed by atoms with van der Waals surface area (Å²) in [6.07, 6.45) is -1.07. The highest BCUT2D eigenvalue weighted by Crippen LogP contribution is 2.43. The van der Waals surface area contributed by atoms with E-state index in [0.29, 0.717) is 24.3 Å². The van der Waals surface area contributed by atoms with Crippen LogP contribution in [-0.2, 0) is 6.18 Å². The number of rotatable bonds is 3. The minimum atomic E-state index is -4.41. The van der Waals surface area contributed by atoms with E-state index in [4.69, 9.17) is 0 Å². The number of carbonyl (C=O) groups is 1. The van der Waals surface area contributed by atoms with E-state index in [1.54, 1.807) is 11.0 Å². The van der Waals surface area contributed by atoms with E-state index >= 15 is 0 Å². The third-order valence-corrected chi connectivity index (χ3v) is 4.82. The van der Waals surface area contributed by atoms with Gasteiger partial charge in [0.25, 0.3) is 5.91 Å². The van der Waals surface area contributed by atoms with Crippen molar-refractivity contribution < 1.29 is 18.0 Å². The summed E-state index contributed by atoms with van der Waals surface area (Å²) in [5.41, 5.74) is 0.850. The molecule has 4 rings (SSSR count). The molecule has 1 aliphatic heterocycles. The maximum absolute atomic E-state index is 13.0. The number of carbonyl (C=O) groups excluding carboxylic acids is 1. The number of aromatic nitrogens is 2. The number of nitrogens with one attached hydrogen (secondary N) is 1. The second kappa shape index (κ2) is 6.42. The molecule has 1 aromatic heterocycles. The van der Waals surface area contributed by atoms with Gasteiger partial charge in [-0.25, -0.2) is 4.68 Å². The molecule has 0 spiro atoms. The summed E-state index contributed by atoms with van der Waals surface area (Å²) in [4.78, 5) is 14.7. The summed E-state index contributed by atoms with van der Waals surface area (Å²) in [5.74, 6) is 0.0838. The molecule has 2 aliphatic rings. The van der Waals surface area contributed by atoms with Crippen LogP contribution >= 0.6 is 0 Å². The van der Waals surface area contributed by atoms with Crippen LogP contribution in [0.15, 0.2) is 30.5 Å². The Bertz CT molecular complexity index is 820. The second-order valence-electron chi connectivity index (χ2n) is 6.72. The van der Waals surface area contributed by atoms with Crippen LogP contribution in [0.3, 0.4) is 0 Å². The number of nitrogens with zero attached hydrogens (tertiary/aromatic N) is 3. The lowest BCUT2D eigenvalue weighted by atomic mass is 10.1. The maximum atomic E-state index is 13.0. The molecular formula is C18H19F3N4O. The number of halogens is 3. The summed E-state index contributed by atoms with van der Waals surface area (Å²) in [6, 6.07) is 5.08. The Morgan fingerprint density at radius 1 is 1.19 bits per heavy atom. The van der Waals surface area contributed by atoms with Crippen molar-refractivity contribution in [3.63, 3.8) is 0 Å². The van der Waals surface area contributed by atoms with Crippen LogP contribution in [0.2, 0.25) is 0 Å². The van der Waals surface area contributed by atoms with Gasteiger partial charge in [0.05, 0.1) is 28.7 Å². The predicted octanol–water partition coefficient (Wildman–Crippen LogP) is 2.81. The average molecular weight is 364 g/mol. The average Bonchev–Trinajstić information content (AvgIpc) is 3.39. The Hall–Kier alpha value is -2.35. The molecule has 26 heavy (non-hydrogen) atoms. The van der Waals surface area contributed by atoms with Crippen molar-refractivity contribution in [1.29, 1.82) is 0 Å². The van der Waals surface area contributed by atoms with E-state index in [2.05, 4.69) is 10.4 Å². The summed E-state index contributed by atoms with van der Waals surface area (Å²) < 4.78 is 40.6. The molecule has 5 nitrogen and oxygen atoms in total. The van der Waals surface area contributed by atoms with Gasteiger partial charge in [-0.15, -0.1) is 0 Å². The first-order valence-electron chi connectivity index (χ1n) is 8.70. The molecule has 1 aliphatic carbocycles. The highest BCUT2D eigenvalue weighted by Gasteiger charge is 2.35. The molecule has 0 unspecified atom stereocenters. The van der Waals surface area contributed by atoms with E-state index in [9.17, 15) is 18.0 Å². The number of hydrogen-bond donors (Lipinski definition) is 1. The highest BCUT2D eigenvalue weighted by molar-refractivity contribution is 5.95. The molecule has 2 fully saturated rings. The monoisotopic (exact) mass is 364 g/mol. The fourth-order valence-electron chi connectivity index (χ4n) is 3.33. The van der Waals surface area contributed by atoms with E-state index in [0.717, 1.165) is 43.8 Å².